The Labute approximate surface area is 147 Å². The van der Waals surface area contributed by atoms with Crippen LogP contribution in [0.15, 0.2) is 24.3 Å². The average Bonchev–Trinajstić information content (AvgIpc) is 2.95. The van der Waals surface area contributed by atoms with E-state index in [1.807, 2.05) is 34.1 Å². The molecule has 3 aliphatic heterocycles. The summed E-state index contributed by atoms with van der Waals surface area (Å²) in [5.74, 6) is 1.11. The van der Waals surface area contributed by atoms with Crippen molar-refractivity contribution in [1.82, 2.24) is 9.80 Å². The Kier molecular flexibility index (Phi) is 4.51. The van der Waals surface area contributed by atoms with Crippen LogP contribution < -0.4 is 4.74 Å². The number of rotatable bonds is 2. The van der Waals surface area contributed by atoms with E-state index in [-0.39, 0.29) is 24.0 Å². The third kappa shape index (κ3) is 3.30. The maximum absolute atomic E-state index is 13.0. The molecule has 2 fully saturated rings. The van der Waals surface area contributed by atoms with Gasteiger partial charge in [0.1, 0.15) is 12.4 Å². The van der Waals surface area contributed by atoms with Crippen molar-refractivity contribution in [3.05, 3.63) is 29.8 Å². The highest BCUT2D eigenvalue weighted by Gasteiger charge is 2.35. The number of cyclic esters (lactones) is 1. The Balaban J connectivity index is 1.37. The molecule has 2 amide bonds. The number of carbonyl (C=O) groups is 2. The highest BCUT2D eigenvalue weighted by Crippen LogP contribution is 2.29. The van der Waals surface area contributed by atoms with Gasteiger partial charge in [0.25, 0.3) is 0 Å². The molecule has 1 unspecified atom stereocenters. The Hall–Kier alpha value is -2.24. The summed E-state index contributed by atoms with van der Waals surface area (Å²) in [4.78, 5) is 28.5. The molecule has 0 aromatic heterocycles. The van der Waals surface area contributed by atoms with Crippen LogP contribution in [0.3, 0.4) is 0 Å². The van der Waals surface area contributed by atoms with Gasteiger partial charge in [0.2, 0.25) is 5.91 Å². The van der Waals surface area contributed by atoms with Gasteiger partial charge in [-0.25, -0.2) is 4.79 Å². The van der Waals surface area contributed by atoms with Crippen molar-refractivity contribution in [2.75, 3.05) is 32.8 Å². The predicted molar refractivity (Wildman–Crippen MR) is 91.4 cm³/mol. The van der Waals surface area contributed by atoms with Gasteiger partial charge in [-0.2, -0.15) is 0 Å². The standard InChI is InChI=1S/C19H24N2O4/c22-18(15-7-11-24-17-4-2-1-3-14(17)13-15)20-8-5-16(6-9-20)21-10-12-25-19(21)23/h1-4,15-16H,5-13H2. The molecule has 0 saturated carbocycles. The predicted octanol–water partition coefficient (Wildman–Crippen LogP) is 2.07. The number of hydrogen-bond donors (Lipinski definition) is 0. The lowest BCUT2D eigenvalue weighted by Crippen LogP contribution is -2.48. The first-order valence-corrected chi connectivity index (χ1v) is 9.15. The molecule has 4 rings (SSSR count). The summed E-state index contributed by atoms with van der Waals surface area (Å²) in [6.45, 7) is 3.18. The van der Waals surface area contributed by atoms with E-state index in [2.05, 4.69) is 0 Å². The van der Waals surface area contributed by atoms with E-state index in [1.54, 1.807) is 0 Å². The molecular formula is C19H24N2O4. The van der Waals surface area contributed by atoms with Gasteiger partial charge >= 0.3 is 6.09 Å². The maximum atomic E-state index is 13.0. The number of nitrogens with zero attached hydrogens (tertiary/aromatic N) is 2. The summed E-state index contributed by atoms with van der Waals surface area (Å²) >= 11 is 0. The van der Waals surface area contributed by atoms with E-state index in [0.717, 1.165) is 37.0 Å². The molecule has 3 aliphatic rings. The van der Waals surface area contributed by atoms with Crippen molar-refractivity contribution in [3.8, 4) is 5.75 Å². The zero-order valence-electron chi connectivity index (χ0n) is 14.4. The van der Waals surface area contributed by atoms with Gasteiger partial charge in [-0.15, -0.1) is 0 Å². The minimum atomic E-state index is -0.206. The average molecular weight is 344 g/mol. The van der Waals surface area contributed by atoms with Crippen molar-refractivity contribution in [3.63, 3.8) is 0 Å². The highest BCUT2D eigenvalue weighted by atomic mass is 16.6. The number of carbonyl (C=O) groups excluding carboxylic acids is 2. The van der Waals surface area contributed by atoms with Crippen LogP contribution >= 0.6 is 0 Å². The van der Waals surface area contributed by atoms with E-state index >= 15 is 0 Å². The summed E-state index contributed by atoms with van der Waals surface area (Å²) in [6.07, 6.45) is 2.96. The van der Waals surface area contributed by atoms with Crippen LogP contribution in [0.5, 0.6) is 5.75 Å². The zero-order chi connectivity index (χ0) is 17.2. The molecule has 134 valence electrons. The van der Waals surface area contributed by atoms with Crippen LogP contribution in [0, 0.1) is 5.92 Å². The number of benzene rings is 1. The third-order valence-corrected chi connectivity index (χ3v) is 5.52. The van der Waals surface area contributed by atoms with Crippen molar-refractivity contribution < 1.29 is 19.1 Å². The Morgan fingerprint density at radius 3 is 2.56 bits per heavy atom. The Morgan fingerprint density at radius 2 is 1.80 bits per heavy atom. The first-order chi connectivity index (χ1) is 12.2. The van der Waals surface area contributed by atoms with E-state index in [1.165, 1.54) is 0 Å². The van der Waals surface area contributed by atoms with Gasteiger partial charge in [0.05, 0.1) is 13.2 Å². The van der Waals surface area contributed by atoms with Gasteiger partial charge in [0.15, 0.2) is 0 Å². The number of para-hydroxylation sites is 1. The number of piperidine rings is 1. The molecule has 2 saturated heterocycles. The number of amides is 2. The quantitative estimate of drug-likeness (QED) is 0.824. The fourth-order valence-corrected chi connectivity index (χ4v) is 4.10. The largest absolute Gasteiger partial charge is 0.493 e. The Bertz CT molecular complexity index is 655. The summed E-state index contributed by atoms with van der Waals surface area (Å²) in [6, 6.07) is 8.19. The zero-order valence-corrected chi connectivity index (χ0v) is 14.4. The van der Waals surface area contributed by atoms with Gasteiger partial charge in [-0.05, 0) is 37.3 Å². The lowest BCUT2D eigenvalue weighted by atomic mass is 9.94. The summed E-state index contributed by atoms with van der Waals surface area (Å²) in [5, 5.41) is 0. The van der Waals surface area contributed by atoms with Crippen molar-refractivity contribution >= 4 is 12.0 Å². The monoisotopic (exact) mass is 344 g/mol. The minimum Gasteiger partial charge on any atom is -0.493 e. The van der Waals surface area contributed by atoms with Crippen LogP contribution in [-0.2, 0) is 16.0 Å². The number of hydrogen-bond acceptors (Lipinski definition) is 4. The number of ether oxygens (including phenoxy) is 2. The van der Waals surface area contributed by atoms with Gasteiger partial charge in [0, 0.05) is 25.0 Å². The fourth-order valence-electron chi connectivity index (χ4n) is 4.10. The molecule has 1 aromatic rings. The normalized spacial score (nSPS) is 24.3. The van der Waals surface area contributed by atoms with Crippen LogP contribution in [0.25, 0.3) is 0 Å². The molecule has 0 bridgehead atoms. The lowest BCUT2D eigenvalue weighted by molar-refractivity contribution is -0.137. The van der Waals surface area contributed by atoms with E-state index < -0.39 is 0 Å². The van der Waals surface area contributed by atoms with Crippen LogP contribution in [0.2, 0.25) is 0 Å². The smallest absolute Gasteiger partial charge is 0.410 e. The second kappa shape index (κ2) is 6.94. The number of likely N-dealkylation sites (tertiary alicyclic amines) is 1. The molecule has 6 heteroatoms. The first kappa shape index (κ1) is 16.2. The highest BCUT2D eigenvalue weighted by molar-refractivity contribution is 5.79. The molecule has 0 aliphatic carbocycles. The molecule has 0 N–H and O–H groups in total. The third-order valence-electron chi connectivity index (χ3n) is 5.52. The van der Waals surface area contributed by atoms with E-state index in [4.69, 9.17) is 9.47 Å². The van der Waals surface area contributed by atoms with Crippen molar-refractivity contribution in [2.24, 2.45) is 5.92 Å². The topological polar surface area (TPSA) is 59.1 Å². The molecule has 6 nitrogen and oxygen atoms in total. The molecule has 3 heterocycles. The molecule has 25 heavy (non-hydrogen) atoms. The minimum absolute atomic E-state index is 0.0167. The van der Waals surface area contributed by atoms with Crippen LogP contribution in [0.1, 0.15) is 24.8 Å². The second-order valence-electron chi connectivity index (χ2n) is 7.01. The van der Waals surface area contributed by atoms with E-state index in [0.29, 0.717) is 32.8 Å². The second-order valence-corrected chi connectivity index (χ2v) is 7.01. The van der Waals surface area contributed by atoms with Gasteiger partial charge in [-0.1, -0.05) is 18.2 Å². The Morgan fingerprint density at radius 1 is 1.00 bits per heavy atom. The first-order valence-electron chi connectivity index (χ1n) is 9.15. The van der Waals surface area contributed by atoms with Gasteiger partial charge in [-0.3, -0.25) is 4.79 Å². The SMILES string of the molecule is O=C(C1CCOc2ccccc2C1)N1CCC(N2CCOC2=O)CC1. The van der Waals surface area contributed by atoms with Crippen molar-refractivity contribution in [2.45, 2.75) is 31.7 Å². The lowest BCUT2D eigenvalue weighted by Gasteiger charge is -2.37. The fraction of sp³-hybridized carbons (Fsp3) is 0.579. The maximum Gasteiger partial charge on any atom is 0.410 e. The summed E-state index contributed by atoms with van der Waals surface area (Å²) < 4.78 is 10.8. The molecule has 1 atom stereocenters. The molecule has 0 spiro atoms. The van der Waals surface area contributed by atoms with E-state index in [9.17, 15) is 9.59 Å². The number of fused-ring (bicyclic) bond motifs is 1. The summed E-state index contributed by atoms with van der Waals surface area (Å²) in [5.41, 5.74) is 1.12. The van der Waals surface area contributed by atoms with Crippen molar-refractivity contribution in [1.29, 1.82) is 0 Å². The molecular weight excluding hydrogens is 320 g/mol. The molecule has 0 radical (unpaired) electrons. The van der Waals surface area contributed by atoms with Crippen LogP contribution in [0.4, 0.5) is 4.79 Å². The molecule has 1 aromatic carbocycles. The van der Waals surface area contributed by atoms with Gasteiger partial charge < -0.3 is 19.3 Å². The van der Waals surface area contributed by atoms with Crippen LogP contribution in [-0.4, -0.2) is 60.7 Å². The summed E-state index contributed by atoms with van der Waals surface area (Å²) in [7, 11) is 0.